The summed E-state index contributed by atoms with van der Waals surface area (Å²) in [5.74, 6) is 0.617. The van der Waals surface area contributed by atoms with Crippen LogP contribution in [-0.2, 0) is 9.53 Å². The molecule has 7 heteroatoms. The highest BCUT2D eigenvalue weighted by Crippen LogP contribution is 2.34. The first-order valence-corrected chi connectivity index (χ1v) is 9.53. The molecule has 0 spiro atoms. The van der Waals surface area contributed by atoms with Crippen LogP contribution in [0.3, 0.4) is 0 Å². The molecule has 1 atom stereocenters. The van der Waals surface area contributed by atoms with Gasteiger partial charge in [-0.3, -0.25) is 4.79 Å². The lowest BCUT2D eigenvalue weighted by Crippen LogP contribution is -2.35. The van der Waals surface area contributed by atoms with Gasteiger partial charge in [0, 0.05) is 18.0 Å². The Hall–Kier alpha value is -2.51. The summed E-state index contributed by atoms with van der Waals surface area (Å²) in [6.45, 7) is 1.53. The standard InChI is InChI=1S/C19H20N4O2S/c24-17(20-10-14-7-4-8-25-14)11-21-18-15-9-16(13-5-2-1-3-6-13)26-19(15)23-12-22-18/h1-3,5-6,9,12,14H,4,7-8,10-11H2,(H,20,24)(H,21,22,23). The molecule has 1 amide bonds. The van der Waals surface area contributed by atoms with Crippen molar-refractivity contribution in [2.75, 3.05) is 25.0 Å². The van der Waals surface area contributed by atoms with E-state index in [0.717, 1.165) is 40.1 Å². The molecule has 2 N–H and O–H groups in total. The van der Waals surface area contributed by atoms with Gasteiger partial charge in [-0.1, -0.05) is 30.3 Å². The number of nitrogens with one attached hydrogen (secondary N) is 2. The average molecular weight is 368 g/mol. The van der Waals surface area contributed by atoms with Crippen LogP contribution >= 0.6 is 11.3 Å². The maximum absolute atomic E-state index is 12.1. The van der Waals surface area contributed by atoms with Crippen molar-refractivity contribution >= 4 is 33.3 Å². The molecule has 1 unspecified atom stereocenters. The third-order valence-corrected chi connectivity index (χ3v) is 5.45. The lowest BCUT2D eigenvalue weighted by molar-refractivity contribution is -0.119. The van der Waals surface area contributed by atoms with Gasteiger partial charge in [-0.15, -0.1) is 11.3 Å². The summed E-state index contributed by atoms with van der Waals surface area (Å²) >= 11 is 1.62. The first-order valence-electron chi connectivity index (χ1n) is 8.72. The van der Waals surface area contributed by atoms with Crippen molar-refractivity contribution in [1.29, 1.82) is 0 Å². The van der Waals surface area contributed by atoms with E-state index in [1.807, 2.05) is 18.2 Å². The van der Waals surface area contributed by atoms with Gasteiger partial charge in [0.1, 0.15) is 17.0 Å². The normalized spacial score (nSPS) is 16.7. The molecule has 0 bridgehead atoms. The third kappa shape index (κ3) is 3.84. The number of hydrogen-bond donors (Lipinski definition) is 2. The van der Waals surface area contributed by atoms with E-state index >= 15 is 0 Å². The van der Waals surface area contributed by atoms with Gasteiger partial charge in [0.2, 0.25) is 5.91 Å². The van der Waals surface area contributed by atoms with E-state index < -0.39 is 0 Å². The van der Waals surface area contributed by atoms with Crippen molar-refractivity contribution in [3.8, 4) is 10.4 Å². The lowest BCUT2D eigenvalue weighted by Gasteiger charge is -2.11. The number of carbonyl (C=O) groups excluding carboxylic acids is 1. The van der Waals surface area contributed by atoms with Gasteiger partial charge in [0.25, 0.3) is 0 Å². The first-order chi connectivity index (χ1) is 12.8. The predicted octanol–water partition coefficient (Wildman–Crippen LogP) is 3.07. The maximum atomic E-state index is 12.1. The number of ether oxygens (including phenoxy) is 1. The van der Waals surface area contributed by atoms with Gasteiger partial charge in [0.05, 0.1) is 18.0 Å². The molecule has 0 saturated carbocycles. The Morgan fingerprint density at radius 2 is 2.15 bits per heavy atom. The molecule has 1 saturated heterocycles. The van der Waals surface area contributed by atoms with Crippen molar-refractivity contribution in [1.82, 2.24) is 15.3 Å². The maximum Gasteiger partial charge on any atom is 0.239 e. The molecule has 4 rings (SSSR count). The van der Waals surface area contributed by atoms with Crippen LogP contribution in [0.1, 0.15) is 12.8 Å². The number of hydrogen-bond acceptors (Lipinski definition) is 6. The predicted molar refractivity (Wildman–Crippen MR) is 103 cm³/mol. The molecular weight excluding hydrogens is 348 g/mol. The van der Waals surface area contributed by atoms with Crippen molar-refractivity contribution in [3.63, 3.8) is 0 Å². The molecule has 2 aromatic heterocycles. The number of anilines is 1. The molecule has 134 valence electrons. The largest absolute Gasteiger partial charge is 0.376 e. The Kier molecular flexibility index (Phi) is 5.08. The molecule has 3 heterocycles. The Morgan fingerprint density at radius 1 is 1.27 bits per heavy atom. The number of rotatable bonds is 6. The van der Waals surface area contributed by atoms with Gasteiger partial charge in [0.15, 0.2) is 0 Å². The van der Waals surface area contributed by atoms with E-state index in [1.54, 1.807) is 11.3 Å². The number of carbonyl (C=O) groups is 1. The Bertz CT molecular complexity index is 891. The highest BCUT2D eigenvalue weighted by molar-refractivity contribution is 7.21. The minimum atomic E-state index is -0.0641. The van der Waals surface area contributed by atoms with E-state index in [2.05, 4.69) is 38.8 Å². The van der Waals surface area contributed by atoms with Crippen molar-refractivity contribution < 1.29 is 9.53 Å². The van der Waals surface area contributed by atoms with Gasteiger partial charge >= 0.3 is 0 Å². The fourth-order valence-electron chi connectivity index (χ4n) is 3.00. The molecule has 26 heavy (non-hydrogen) atoms. The van der Waals surface area contributed by atoms with Gasteiger partial charge in [-0.2, -0.15) is 0 Å². The zero-order valence-corrected chi connectivity index (χ0v) is 15.1. The average Bonchev–Trinajstić information content (AvgIpc) is 3.35. The van der Waals surface area contributed by atoms with Gasteiger partial charge < -0.3 is 15.4 Å². The quantitative estimate of drug-likeness (QED) is 0.699. The van der Waals surface area contributed by atoms with Crippen LogP contribution in [0.25, 0.3) is 20.7 Å². The summed E-state index contributed by atoms with van der Waals surface area (Å²) in [6.07, 6.45) is 3.76. The van der Waals surface area contributed by atoms with Crippen molar-refractivity contribution in [3.05, 3.63) is 42.7 Å². The highest BCUT2D eigenvalue weighted by Gasteiger charge is 2.16. The number of aromatic nitrogens is 2. The number of fused-ring (bicyclic) bond motifs is 1. The zero-order chi connectivity index (χ0) is 17.8. The summed E-state index contributed by atoms with van der Waals surface area (Å²) < 4.78 is 5.51. The van der Waals surface area contributed by atoms with E-state index in [-0.39, 0.29) is 18.6 Å². The monoisotopic (exact) mass is 368 g/mol. The summed E-state index contributed by atoms with van der Waals surface area (Å²) in [5.41, 5.74) is 1.15. The number of nitrogens with zero attached hydrogens (tertiary/aromatic N) is 2. The van der Waals surface area contributed by atoms with Crippen LogP contribution in [0, 0.1) is 0 Å². The van der Waals surface area contributed by atoms with Crippen LogP contribution < -0.4 is 10.6 Å². The van der Waals surface area contributed by atoms with Crippen molar-refractivity contribution in [2.24, 2.45) is 0 Å². The molecular formula is C19H20N4O2S. The molecule has 3 aromatic rings. The minimum Gasteiger partial charge on any atom is -0.376 e. The fraction of sp³-hybridized carbons (Fsp3) is 0.316. The molecule has 6 nitrogen and oxygen atoms in total. The summed E-state index contributed by atoms with van der Waals surface area (Å²) in [4.78, 5) is 22.8. The van der Waals surface area contributed by atoms with Crippen LogP contribution in [0.4, 0.5) is 5.82 Å². The number of thiophene rings is 1. The Balaban J connectivity index is 1.43. The fourth-order valence-corrected chi connectivity index (χ4v) is 4.01. The van der Waals surface area contributed by atoms with E-state index in [1.165, 1.54) is 6.33 Å². The zero-order valence-electron chi connectivity index (χ0n) is 14.3. The summed E-state index contributed by atoms with van der Waals surface area (Å²) in [6, 6.07) is 12.3. The van der Waals surface area contributed by atoms with Crippen LogP contribution in [-0.4, -0.2) is 41.7 Å². The van der Waals surface area contributed by atoms with Crippen LogP contribution in [0.5, 0.6) is 0 Å². The van der Waals surface area contributed by atoms with E-state index in [0.29, 0.717) is 12.4 Å². The number of amides is 1. The van der Waals surface area contributed by atoms with E-state index in [4.69, 9.17) is 4.74 Å². The third-order valence-electron chi connectivity index (χ3n) is 4.36. The molecule has 0 radical (unpaired) electrons. The second kappa shape index (κ2) is 7.80. The van der Waals surface area contributed by atoms with Crippen LogP contribution in [0.15, 0.2) is 42.7 Å². The smallest absolute Gasteiger partial charge is 0.239 e. The molecule has 0 aliphatic carbocycles. The Morgan fingerprint density at radius 3 is 2.96 bits per heavy atom. The minimum absolute atomic E-state index is 0.0641. The topological polar surface area (TPSA) is 76.1 Å². The molecule has 1 aliphatic heterocycles. The number of benzene rings is 1. The van der Waals surface area contributed by atoms with Crippen LogP contribution in [0.2, 0.25) is 0 Å². The second-order valence-corrected chi connectivity index (χ2v) is 7.24. The summed E-state index contributed by atoms with van der Waals surface area (Å²) in [7, 11) is 0. The molecule has 1 aliphatic rings. The lowest BCUT2D eigenvalue weighted by atomic mass is 10.2. The summed E-state index contributed by atoms with van der Waals surface area (Å²) in [5, 5.41) is 6.97. The van der Waals surface area contributed by atoms with E-state index in [9.17, 15) is 4.79 Å². The first kappa shape index (κ1) is 16.9. The molecule has 1 fully saturated rings. The van der Waals surface area contributed by atoms with Gasteiger partial charge in [-0.25, -0.2) is 9.97 Å². The Labute approximate surface area is 155 Å². The van der Waals surface area contributed by atoms with Crippen molar-refractivity contribution in [2.45, 2.75) is 18.9 Å². The SMILES string of the molecule is O=C(CNc1ncnc2sc(-c3ccccc3)cc12)NCC1CCCO1. The van der Waals surface area contributed by atoms with Gasteiger partial charge in [-0.05, 0) is 24.5 Å². The molecule has 1 aromatic carbocycles. The second-order valence-electron chi connectivity index (χ2n) is 6.21. The highest BCUT2D eigenvalue weighted by atomic mass is 32.1.